The number of aromatic nitrogens is 1. The predicted octanol–water partition coefficient (Wildman–Crippen LogP) is 11.2. The van der Waals surface area contributed by atoms with Crippen LogP contribution in [0.25, 0.3) is 60.6 Å². The van der Waals surface area contributed by atoms with E-state index in [1.165, 1.54) is 38.6 Å². The van der Waals surface area contributed by atoms with Crippen molar-refractivity contribution in [3.63, 3.8) is 0 Å². The smallest absolute Gasteiger partial charge is 0.143 e. The molecule has 0 saturated carbocycles. The first-order chi connectivity index (χ1) is 22.8. The Kier molecular flexibility index (Phi) is 4.52. The number of furan rings is 1. The van der Waals surface area contributed by atoms with Gasteiger partial charge in [0.25, 0.3) is 0 Å². The molecular weight excluding hydrogens is 562 g/mol. The van der Waals surface area contributed by atoms with Gasteiger partial charge in [0.1, 0.15) is 22.7 Å². The zero-order valence-corrected chi connectivity index (χ0v) is 24.7. The van der Waals surface area contributed by atoms with Crippen molar-refractivity contribution in [2.75, 3.05) is 0 Å². The van der Waals surface area contributed by atoms with E-state index < -0.39 is 5.41 Å². The summed E-state index contributed by atoms with van der Waals surface area (Å²) in [5.74, 6) is 1.74. The van der Waals surface area contributed by atoms with E-state index in [0.717, 1.165) is 55.7 Å². The Morgan fingerprint density at radius 3 is 2.07 bits per heavy atom. The number of ether oxygens (including phenoxy) is 1. The van der Waals surface area contributed by atoms with Crippen LogP contribution in [0.2, 0.25) is 0 Å². The summed E-state index contributed by atoms with van der Waals surface area (Å²) in [4.78, 5) is 0. The van der Waals surface area contributed by atoms with Crippen molar-refractivity contribution >= 4 is 43.7 Å². The molecule has 2 aliphatic heterocycles. The van der Waals surface area contributed by atoms with E-state index in [-0.39, 0.29) is 0 Å². The Balaban J connectivity index is 1.32. The summed E-state index contributed by atoms with van der Waals surface area (Å²) in [7, 11) is 0. The molecule has 2 aromatic heterocycles. The third kappa shape index (κ3) is 2.80. The molecule has 3 nitrogen and oxygen atoms in total. The normalized spacial score (nSPS) is 16.1. The van der Waals surface area contributed by atoms with Crippen LogP contribution in [-0.4, -0.2) is 4.57 Å². The Hall–Kier alpha value is -6.06. The van der Waals surface area contributed by atoms with Crippen LogP contribution in [0, 0.1) is 0 Å². The molecule has 7 aromatic carbocycles. The fraction of sp³-hybridized carbons (Fsp3) is 0.0233. The van der Waals surface area contributed by atoms with Crippen molar-refractivity contribution in [1.29, 1.82) is 0 Å². The predicted molar refractivity (Wildman–Crippen MR) is 185 cm³/mol. The number of hydrogen-bond donors (Lipinski definition) is 0. The number of benzene rings is 7. The Bertz CT molecular complexity index is 2750. The highest BCUT2D eigenvalue weighted by molar-refractivity contribution is 6.13. The van der Waals surface area contributed by atoms with Gasteiger partial charge in [-0.1, -0.05) is 127 Å². The molecular formula is C43H25NO2. The standard InChI is InChI=1S/C43H25NO2/c1-5-22-36-26(12-1)28-14-10-20-34-40(28)44(36)37-23-6-3-18-32(37)43(34)33-19-4-8-25-39(33)46-42-31(17-11-21-35(42)43)30-16-9-15-29-27-13-2-7-24-38(27)45-41(29)30/h1-25H. The topological polar surface area (TPSA) is 27.3 Å². The molecule has 214 valence electrons. The number of hydrogen-bond acceptors (Lipinski definition) is 2. The molecule has 0 bridgehead atoms. The lowest BCUT2D eigenvalue weighted by Gasteiger charge is -2.45. The molecule has 0 amide bonds. The van der Waals surface area contributed by atoms with Gasteiger partial charge < -0.3 is 13.7 Å². The molecule has 9 aromatic rings. The Morgan fingerprint density at radius 2 is 1.11 bits per heavy atom. The second-order valence-electron chi connectivity index (χ2n) is 12.4. The second kappa shape index (κ2) is 8.56. The van der Waals surface area contributed by atoms with Crippen LogP contribution in [-0.2, 0) is 5.41 Å². The summed E-state index contributed by atoms with van der Waals surface area (Å²) in [5.41, 5.74) is 11.6. The summed E-state index contributed by atoms with van der Waals surface area (Å²) < 4.78 is 16.1. The summed E-state index contributed by atoms with van der Waals surface area (Å²) in [6.45, 7) is 0. The molecule has 2 aliphatic rings. The molecule has 4 heterocycles. The van der Waals surface area contributed by atoms with Gasteiger partial charge in [-0.15, -0.1) is 0 Å². The van der Waals surface area contributed by atoms with Gasteiger partial charge in [-0.3, -0.25) is 0 Å². The number of nitrogens with zero attached hydrogens (tertiary/aromatic N) is 1. The monoisotopic (exact) mass is 587 g/mol. The van der Waals surface area contributed by atoms with Crippen molar-refractivity contribution in [1.82, 2.24) is 4.57 Å². The first-order valence-electron chi connectivity index (χ1n) is 15.8. The van der Waals surface area contributed by atoms with Crippen LogP contribution < -0.4 is 4.74 Å². The quantitative estimate of drug-likeness (QED) is 0.191. The molecule has 1 spiro atoms. The lowest BCUT2D eigenvalue weighted by atomic mass is 9.61. The highest BCUT2D eigenvalue weighted by Crippen LogP contribution is 2.61. The van der Waals surface area contributed by atoms with Gasteiger partial charge in [-0.2, -0.15) is 0 Å². The average molecular weight is 588 g/mol. The highest BCUT2D eigenvalue weighted by atomic mass is 16.5. The molecule has 0 fully saturated rings. The maximum absolute atomic E-state index is 7.02. The summed E-state index contributed by atoms with van der Waals surface area (Å²) in [6.07, 6.45) is 0. The number of para-hydroxylation sites is 7. The average Bonchev–Trinajstić information content (AvgIpc) is 3.67. The van der Waals surface area contributed by atoms with E-state index in [1.807, 2.05) is 12.1 Å². The minimum absolute atomic E-state index is 0.609. The molecule has 11 rings (SSSR count). The molecule has 1 unspecified atom stereocenters. The minimum Gasteiger partial charge on any atom is -0.456 e. The molecule has 46 heavy (non-hydrogen) atoms. The highest BCUT2D eigenvalue weighted by Gasteiger charge is 2.50. The lowest BCUT2D eigenvalue weighted by Crippen LogP contribution is -2.37. The van der Waals surface area contributed by atoms with E-state index in [4.69, 9.17) is 9.15 Å². The first kappa shape index (κ1) is 24.3. The van der Waals surface area contributed by atoms with E-state index in [0.29, 0.717) is 0 Å². The van der Waals surface area contributed by atoms with Crippen LogP contribution in [0.3, 0.4) is 0 Å². The zero-order valence-electron chi connectivity index (χ0n) is 24.7. The maximum atomic E-state index is 7.02. The van der Waals surface area contributed by atoms with Gasteiger partial charge in [0.05, 0.1) is 22.1 Å². The van der Waals surface area contributed by atoms with Crippen molar-refractivity contribution in [2.45, 2.75) is 5.41 Å². The number of fused-ring (bicyclic) bond motifs is 14. The molecule has 0 N–H and O–H groups in total. The van der Waals surface area contributed by atoms with E-state index in [9.17, 15) is 0 Å². The Labute approximate surface area is 264 Å². The van der Waals surface area contributed by atoms with Crippen LogP contribution in [0.4, 0.5) is 0 Å². The van der Waals surface area contributed by atoms with Gasteiger partial charge in [0.2, 0.25) is 0 Å². The minimum atomic E-state index is -0.609. The SMILES string of the molecule is c1ccc2c(c1)Oc1c(-c3cccc4c3oc3ccccc34)cccc1C21c2ccccc2-n2c3ccccc3c3cccc1c32. The van der Waals surface area contributed by atoms with Gasteiger partial charge in [-0.05, 0) is 35.4 Å². The first-order valence-corrected chi connectivity index (χ1v) is 15.8. The second-order valence-corrected chi connectivity index (χ2v) is 12.4. The fourth-order valence-corrected chi connectivity index (χ4v) is 8.52. The number of rotatable bonds is 1. The summed E-state index contributed by atoms with van der Waals surface area (Å²) >= 11 is 0. The lowest BCUT2D eigenvalue weighted by molar-refractivity contribution is 0.435. The van der Waals surface area contributed by atoms with Crippen LogP contribution >= 0.6 is 0 Å². The molecule has 0 aliphatic carbocycles. The van der Waals surface area contributed by atoms with Crippen LogP contribution in [0.15, 0.2) is 156 Å². The van der Waals surface area contributed by atoms with Crippen molar-refractivity contribution < 1.29 is 9.15 Å². The molecule has 1 atom stereocenters. The zero-order chi connectivity index (χ0) is 30.0. The van der Waals surface area contributed by atoms with Gasteiger partial charge in [0.15, 0.2) is 0 Å². The third-order valence-electron chi connectivity index (χ3n) is 10.3. The summed E-state index contributed by atoms with van der Waals surface area (Å²) in [5, 5.41) is 4.74. The molecule has 0 radical (unpaired) electrons. The summed E-state index contributed by atoms with van der Waals surface area (Å²) in [6, 6.07) is 54.4. The van der Waals surface area contributed by atoms with E-state index in [1.54, 1.807) is 0 Å². The Morgan fingerprint density at radius 1 is 0.457 bits per heavy atom. The van der Waals surface area contributed by atoms with E-state index >= 15 is 0 Å². The van der Waals surface area contributed by atoms with Gasteiger partial charge in [-0.25, -0.2) is 0 Å². The fourth-order valence-electron chi connectivity index (χ4n) is 8.52. The van der Waals surface area contributed by atoms with Crippen molar-refractivity contribution in [3.8, 4) is 28.3 Å². The van der Waals surface area contributed by atoms with Gasteiger partial charge in [0, 0.05) is 43.8 Å². The molecule has 3 heteroatoms. The van der Waals surface area contributed by atoms with Gasteiger partial charge >= 0.3 is 0 Å². The third-order valence-corrected chi connectivity index (χ3v) is 10.3. The van der Waals surface area contributed by atoms with E-state index in [2.05, 4.69) is 144 Å². The van der Waals surface area contributed by atoms with Crippen molar-refractivity contribution in [2.24, 2.45) is 0 Å². The van der Waals surface area contributed by atoms with Crippen molar-refractivity contribution in [3.05, 3.63) is 174 Å². The maximum Gasteiger partial charge on any atom is 0.143 e. The van der Waals surface area contributed by atoms with Crippen LogP contribution in [0.1, 0.15) is 22.3 Å². The molecule has 0 saturated heterocycles. The van der Waals surface area contributed by atoms with Crippen LogP contribution in [0.5, 0.6) is 11.5 Å². The largest absolute Gasteiger partial charge is 0.456 e.